The minimum atomic E-state index is -3.73. The Hall–Kier alpha value is -3.47. The van der Waals surface area contributed by atoms with Gasteiger partial charge in [-0.15, -0.1) is 15.0 Å². The summed E-state index contributed by atoms with van der Waals surface area (Å²) in [5.74, 6) is -2.25. The van der Waals surface area contributed by atoms with Crippen LogP contribution in [0.3, 0.4) is 0 Å². The molecule has 0 bridgehead atoms. The van der Waals surface area contributed by atoms with E-state index in [0.717, 1.165) is 11.1 Å². The fourth-order valence-electron chi connectivity index (χ4n) is 4.68. The van der Waals surface area contributed by atoms with E-state index in [9.17, 15) is 23.1 Å². The quantitative estimate of drug-likeness (QED) is 0.477. The summed E-state index contributed by atoms with van der Waals surface area (Å²) < 4.78 is 24.4. The molecule has 2 heterocycles. The summed E-state index contributed by atoms with van der Waals surface area (Å²) in [4.78, 5) is 26.8. The summed E-state index contributed by atoms with van der Waals surface area (Å²) in [5.41, 5.74) is 3.05. The van der Waals surface area contributed by atoms with Crippen molar-refractivity contribution in [2.24, 2.45) is 0 Å². The summed E-state index contributed by atoms with van der Waals surface area (Å²) in [5, 5.41) is 28.2. The molecular formula is C26H32N4O6S. The number of carbonyl (C=O) groups excluding carboxylic acids is 1. The summed E-state index contributed by atoms with van der Waals surface area (Å²) in [6.07, 6.45) is 1.11. The first-order valence-corrected chi connectivity index (χ1v) is 14.0. The number of hydrogen-bond acceptors (Lipinski definition) is 7. The fourth-order valence-corrected chi connectivity index (χ4v) is 6.19. The Morgan fingerprint density at radius 1 is 1.05 bits per heavy atom. The number of nitrogens with zero attached hydrogens (tertiary/aromatic N) is 4. The molecule has 0 spiro atoms. The molecule has 2 N–H and O–H groups in total. The van der Waals surface area contributed by atoms with Crippen LogP contribution in [0.25, 0.3) is 16.7 Å². The van der Waals surface area contributed by atoms with Gasteiger partial charge in [-0.25, -0.2) is 8.42 Å². The molecule has 198 valence electrons. The number of carbonyl (C=O) groups is 2. The second-order valence-electron chi connectivity index (χ2n) is 10.5. The van der Waals surface area contributed by atoms with Crippen molar-refractivity contribution in [1.29, 1.82) is 0 Å². The third kappa shape index (κ3) is 5.93. The molecule has 0 aliphatic carbocycles. The molecule has 11 heteroatoms. The van der Waals surface area contributed by atoms with Crippen LogP contribution in [-0.4, -0.2) is 74.5 Å². The molecule has 1 aromatic heterocycles. The molecular weight excluding hydrogens is 496 g/mol. The lowest BCUT2D eigenvalue weighted by Gasteiger charge is -2.31. The zero-order valence-electron chi connectivity index (χ0n) is 21.2. The van der Waals surface area contributed by atoms with Crippen molar-refractivity contribution in [1.82, 2.24) is 19.9 Å². The van der Waals surface area contributed by atoms with Gasteiger partial charge >= 0.3 is 5.97 Å². The van der Waals surface area contributed by atoms with Crippen molar-refractivity contribution in [3.05, 3.63) is 47.5 Å². The van der Waals surface area contributed by atoms with Gasteiger partial charge in [0.15, 0.2) is 9.84 Å². The second-order valence-corrected chi connectivity index (χ2v) is 12.8. The van der Waals surface area contributed by atoms with Gasteiger partial charge in [0.2, 0.25) is 5.91 Å². The van der Waals surface area contributed by atoms with Crippen molar-refractivity contribution in [2.45, 2.75) is 57.1 Å². The highest BCUT2D eigenvalue weighted by Gasteiger charge is 2.33. The van der Waals surface area contributed by atoms with Gasteiger partial charge in [0, 0.05) is 25.1 Å². The lowest BCUT2D eigenvalue weighted by Crippen LogP contribution is -2.43. The van der Waals surface area contributed by atoms with E-state index in [0.29, 0.717) is 23.1 Å². The van der Waals surface area contributed by atoms with Gasteiger partial charge in [0.25, 0.3) is 0 Å². The minimum absolute atomic E-state index is 0.0903. The zero-order valence-corrected chi connectivity index (χ0v) is 22.0. The van der Waals surface area contributed by atoms with Gasteiger partial charge in [-0.2, -0.15) is 0 Å². The minimum Gasteiger partial charge on any atom is -0.505 e. The second kappa shape index (κ2) is 10.1. The normalized spacial score (nSPS) is 15.3. The van der Waals surface area contributed by atoms with Crippen LogP contribution >= 0.6 is 0 Å². The number of aryl methyl sites for hydroxylation is 1. The number of phenols is 1. The Morgan fingerprint density at radius 2 is 1.65 bits per heavy atom. The number of benzene rings is 2. The first-order chi connectivity index (χ1) is 17.3. The molecule has 1 aliphatic rings. The first kappa shape index (κ1) is 26.6. The Kier molecular flexibility index (Phi) is 7.27. The van der Waals surface area contributed by atoms with E-state index in [1.54, 1.807) is 11.0 Å². The van der Waals surface area contributed by atoms with Crippen molar-refractivity contribution >= 4 is 32.7 Å². The SMILES string of the molecule is CC(C)(C)c1cc(CCC(=O)N2CCC(S(=O)(=O)CC(=O)O)CC2)cc(-n2nc3ccccc3n2)c1O. The number of likely N-dealkylation sites (tertiary alicyclic amines) is 1. The molecule has 2 aromatic carbocycles. The van der Waals surface area contributed by atoms with E-state index >= 15 is 0 Å². The molecule has 1 saturated heterocycles. The number of phenolic OH excluding ortho intramolecular Hbond substituents is 1. The average Bonchev–Trinajstić information content (AvgIpc) is 3.26. The van der Waals surface area contributed by atoms with Gasteiger partial charge in [-0.1, -0.05) is 39.0 Å². The van der Waals surface area contributed by atoms with Crippen molar-refractivity contribution in [2.75, 3.05) is 18.8 Å². The number of amides is 1. The number of aromatic hydroxyl groups is 1. The number of hydrogen-bond donors (Lipinski definition) is 2. The largest absolute Gasteiger partial charge is 0.505 e. The Morgan fingerprint density at radius 3 is 2.19 bits per heavy atom. The van der Waals surface area contributed by atoms with Gasteiger partial charge in [-0.3, -0.25) is 9.59 Å². The summed E-state index contributed by atoms with van der Waals surface area (Å²) in [6.45, 7) is 6.55. The van der Waals surface area contributed by atoms with Gasteiger partial charge in [0.1, 0.15) is 28.2 Å². The smallest absolute Gasteiger partial charge is 0.318 e. The number of aromatic nitrogens is 3. The third-order valence-electron chi connectivity index (χ3n) is 6.71. The van der Waals surface area contributed by atoms with Crippen LogP contribution in [0.5, 0.6) is 5.75 Å². The van der Waals surface area contributed by atoms with Crippen LogP contribution in [0.1, 0.15) is 51.2 Å². The lowest BCUT2D eigenvalue weighted by atomic mass is 9.84. The molecule has 1 amide bonds. The molecule has 1 aliphatic heterocycles. The van der Waals surface area contributed by atoms with E-state index in [1.165, 1.54) is 4.80 Å². The highest BCUT2D eigenvalue weighted by atomic mass is 32.2. The monoisotopic (exact) mass is 528 g/mol. The predicted octanol–water partition coefficient (Wildman–Crippen LogP) is 2.85. The maximum absolute atomic E-state index is 12.9. The molecule has 0 radical (unpaired) electrons. The number of fused-ring (bicyclic) bond motifs is 1. The highest BCUT2D eigenvalue weighted by molar-refractivity contribution is 7.92. The standard InChI is InChI=1S/C26H32N4O6S/c1-26(2,3)19-14-17(15-22(25(19)34)30-27-20-6-4-5-7-21(20)28-30)8-9-23(31)29-12-10-18(11-13-29)37(35,36)16-24(32)33/h4-7,14-15,18,34H,8-13,16H2,1-3H3,(H,32,33). The predicted molar refractivity (Wildman–Crippen MR) is 139 cm³/mol. The maximum atomic E-state index is 12.9. The zero-order chi connectivity index (χ0) is 27.0. The lowest BCUT2D eigenvalue weighted by molar-refractivity contribution is -0.134. The van der Waals surface area contributed by atoms with E-state index < -0.39 is 26.8 Å². The number of piperidine rings is 1. The van der Waals surface area contributed by atoms with Gasteiger partial charge < -0.3 is 15.1 Å². The van der Waals surface area contributed by atoms with Crippen LogP contribution in [0.4, 0.5) is 0 Å². The van der Waals surface area contributed by atoms with E-state index in [1.807, 2.05) is 51.1 Å². The summed E-state index contributed by atoms with van der Waals surface area (Å²) >= 11 is 0. The van der Waals surface area contributed by atoms with Crippen LogP contribution in [0, 0.1) is 0 Å². The van der Waals surface area contributed by atoms with Crippen LogP contribution in [0.15, 0.2) is 36.4 Å². The Labute approximate surface area is 215 Å². The van der Waals surface area contributed by atoms with Gasteiger partial charge in [-0.05, 0) is 48.4 Å². The van der Waals surface area contributed by atoms with E-state index in [2.05, 4.69) is 10.2 Å². The van der Waals surface area contributed by atoms with Crippen molar-refractivity contribution in [3.63, 3.8) is 0 Å². The molecule has 1 fully saturated rings. The topological polar surface area (TPSA) is 143 Å². The number of carboxylic acid groups (broad SMARTS) is 1. The summed E-state index contributed by atoms with van der Waals surface area (Å²) in [6, 6.07) is 11.1. The first-order valence-electron chi connectivity index (χ1n) is 12.2. The number of rotatable bonds is 7. The number of sulfone groups is 1. The fraction of sp³-hybridized carbons (Fsp3) is 0.462. The van der Waals surface area contributed by atoms with Crippen molar-refractivity contribution in [3.8, 4) is 11.4 Å². The van der Waals surface area contributed by atoms with Crippen LogP contribution < -0.4 is 0 Å². The average molecular weight is 529 g/mol. The number of aliphatic carboxylic acids is 1. The third-order valence-corrected chi connectivity index (χ3v) is 8.85. The molecule has 10 nitrogen and oxygen atoms in total. The van der Waals surface area contributed by atoms with Crippen molar-refractivity contribution < 1.29 is 28.2 Å². The summed E-state index contributed by atoms with van der Waals surface area (Å²) in [7, 11) is -3.73. The molecule has 4 rings (SSSR count). The molecule has 0 unspecified atom stereocenters. The van der Waals surface area contributed by atoms with Crippen LogP contribution in [0.2, 0.25) is 0 Å². The Bertz CT molecular complexity index is 1400. The molecule has 0 atom stereocenters. The van der Waals surface area contributed by atoms with E-state index in [-0.39, 0.29) is 49.4 Å². The van der Waals surface area contributed by atoms with E-state index in [4.69, 9.17) is 5.11 Å². The Balaban J connectivity index is 1.50. The maximum Gasteiger partial charge on any atom is 0.318 e. The number of carboxylic acids is 1. The molecule has 3 aromatic rings. The van der Waals surface area contributed by atoms with Crippen LogP contribution in [-0.2, 0) is 31.3 Å². The molecule has 0 saturated carbocycles. The highest BCUT2D eigenvalue weighted by Crippen LogP contribution is 2.36. The molecule has 37 heavy (non-hydrogen) atoms. The van der Waals surface area contributed by atoms with Gasteiger partial charge in [0.05, 0.1) is 5.25 Å².